The molecule has 0 bridgehead atoms. The highest BCUT2D eigenvalue weighted by atomic mass is 16.5. The molecular weight excluding hydrogens is 606 g/mol. The van der Waals surface area contributed by atoms with Gasteiger partial charge in [0, 0.05) is 78.1 Å². The summed E-state index contributed by atoms with van der Waals surface area (Å²) in [5.74, 6) is 1.46. The van der Waals surface area contributed by atoms with Crippen LogP contribution in [0.1, 0.15) is 16.8 Å². The van der Waals surface area contributed by atoms with E-state index in [2.05, 4.69) is 36.5 Å². The molecule has 2 N–H and O–H groups in total. The number of likely N-dealkylation sites (tertiary alicyclic amines) is 1. The van der Waals surface area contributed by atoms with Gasteiger partial charge in [0.05, 0.1) is 18.7 Å². The zero-order chi connectivity index (χ0) is 33.0. The number of aromatic nitrogens is 4. The number of ether oxygens (including phenoxy) is 1. The molecule has 5 aromatic rings. The van der Waals surface area contributed by atoms with E-state index in [0.29, 0.717) is 42.0 Å². The normalized spacial score (nSPS) is 16.4. The van der Waals surface area contributed by atoms with Crippen molar-refractivity contribution in [3.05, 3.63) is 91.0 Å². The van der Waals surface area contributed by atoms with E-state index < -0.39 is 0 Å². The van der Waals surface area contributed by atoms with Crippen LogP contribution in [0.2, 0.25) is 0 Å². The molecule has 0 unspecified atom stereocenters. The molecule has 2 aliphatic heterocycles. The van der Waals surface area contributed by atoms with E-state index in [-0.39, 0.29) is 11.9 Å². The Bertz CT molecular complexity index is 1910. The van der Waals surface area contributed by atoms with Crippen LogP contribution in [0.4, 0.5) is 22.0 Å². The number of nitrogens with zero attached hydrogens (tertiary/aromatic N) is 7. The Morgan fingerprint density at radius 2 is 1.48 bits per heavy atom. The summed E-state index contributed by atoms with van der Waals surface area (Å²) in [5, 5.41) is 6.69. The maximum Gasteiger partial charge on any atom is 0.323 e. The predicted octanol–water partition coefficient (Wildman–Crippen LogP) is 5.01. The summed E-state index contributed by atoms with van der Waals surface area (Å²) in [6.45, 7) is 4.23. The van der Waals surface area contributed by atoms with Gasteiger partial charge in [-0.05, 0) is 86.7 Å². The first kappa shape index (κ1) is 31.2. The molecular formula is C36H37N9O3. The fraction of sp³-hybridized carbons (Fsp3) is 0.278. The van der Waals surface area contributed by atoms with Gasteiger partial charge in [0.1, 0.15) is 12.1 Å². The van der Waals surface area contributed by atoms with Gasteiger partial charge in [-0.2, -0.15) is 0 Å². The van der Waals surface area contributed by atoms with Crippen molar-refractivity contribution in [2.24, 2.45) is 0 Å². The molecule has 244 valence electrons. The van der Waals surface area contributed by atoms with Crippen molar-refractivity contribution in [3.63, 3.8) is 0 Å². The van der Waals surface area contributed by atoms with E-state index in [1.807, 2.05) is 55.4 Å². The minimum atomic E-state index is -0.385. The average molecular weight is 644 g/mol. The van der Waals surface area contributed by atoms with E-state index >= 15 is 0 Å². The number of likely N-dealkylation sites (N-methyl/N-ethyl adjacent to an activating group) is 1. The third-order valence-electron chi connectivity index (χ3n) is 8.85. The number of fused-ring (bicyclic) bond motifs is 1. The maximum absolute atomic E-state index is 12.9. The van der Waals surface area contributed by atoms with Crippen LogP contribution in [0, 0.1) is 0 Å². The van der Waals surface area contributed by atoms with Crippen LogP contribution in [-0.4, -0.2) is 101 Å². The van der Waals surface area contributed by atoms with E-state index in [0.717, 1.165) is 66.0 Å². The molecule has 3 aromatic carbocycles. The summed E-state index contributed by atoms with van der Waals surface area (Å²) in [5.41, 5.74) is 5.33. The minimum absolute atomic E-state index is 0.00846. The fourth-order valence-electron chi connectivity index (χ4n) is 6.11. The van der Waals surface area contributed by atoms with Crippen molar-refractivity contribution in [3.8, 4) is 22.5 Å². The first-order chi connectivity index (χ1) is 23.4. The Hall–Kier alpha value is -5.46. The van der Waals surface area contributed by atoms with Crippen LogP contribution in [0.15, 0.2) is 85.5 Å². The minimum Gasteiger partial charge on any atom is -0.378 e. The quantitative estimate of drug-likeness (QED) is 0.252. The summed E-state index contributed by atoms with van der Waals surface area (Å²) >= 11 is 0. The number of carbonyl (C=O) groups excluding carboxylic acids is 2. The molecule has 12 heteroatoms. The molecule has 0 spiro atoms. The van der Waals surface area contributed by atoms with Crippen molar-refractivity contribution in [2.45, 2.75) is 12.5 Å². The number of benzene rings is 3. The first-order valence-electron chi connectivity index (χ1n) is 16.1. The van der Waals surface area contributed by atoms with Crippen molar-refractivity contribution >= 4 is 40.0 Å². The van der Waals surface area contributed by atoms with Crippen LogP contribution in [0.3, 0.4) is 0 Å². The Labute approximate surface area is 278 Å². The van der Waals surface area contributed by atoms with Gasteiger partial charge in [0.2, 0.25) is 0 Å². The highest BCUT2D eigenvalue weighted by Gasteiger charge is 2.28. The van der Waals surface area contributed by atoms with Crippen LogP contribution < -0.4 is 15.5 Å². The third-order valence-corrected chi connectivity index (χ3v) is 8.85. The molecule has 2 aliphatic rings. The summed E-state index contributed by atoms with van der Waals surface area (Å²) in [4.78, 5) is 50.3. The summed E-state index contributed by atoms with van der Waals surface area (Å²) in [7, 11) is 4.08. The number of hydrogen-bond acceptors (Lipinski definition) is 9. The molecule has 2 aromatic heterocycles. The smallest absolute Gasteiger partial charge is 0.323 e. The molecule has 12 nitrogen and oxygen atoms in total. The van der Waals surface area contributed by atoms with Crippen molar-refractivity contribution in [1.29, 1.82) is 0 Å². The highest BCUT2D eigenvalue weighted by molar-refractivity contribution is 6.01. The third kappa shape index (κ3) is 6.80. The number of urea groups is 1. The summed E-state index contributed by atoms with van der Waals surface area (Å²) in [6, 6.07) is 20.6. The zero-order valence-electron chi connectivity index (χ0n) is 27.0. The summed E-state index contributed by atoms with van der Waals surface area (Å²) < 4.78 is 5.60. The lowest BCUT2D eigenvalue weighted by Crippen LogP contribution is -2.37. The number of hydrogen-bond donors (Lipinski definition) is 2. The van der Waals surface area contributed by atoms with E-state index in [1.165, 1.54) is 6.33 Å². The predicted molar refractivity (Wildman–Crippen MR) is 186 cm³/mol. The second-order valence-electron chi connectivity index (χ2n) is 12.2. The molecule has 0 saturated carbocycles. The van der Waals surface area contributed by atoms with Crippen molar-refractivity contribution in [2.75, 3.05) is 69.0 Å². The van der Waals surface area contributed by atoms with Gasteiger partial charge in [-0.1, -0.05) is 6.07 Å². The molecule has 3 amide bonds. The van der Waals surface area contributed by atoms with E-state index in [1.54, 1.807) is 36.7 Å². The first-order valence-corrected chi connectivity index (χ1v) is 16.1. The number of anilines is 3. The van der Waals surface area contributed by atoms with Crippen molar-refractivity contribution in [1.82, 2.24) is 29.7 Å². The molecule has 1 atom stereocenters. The van der Waals surface area contributed by atoms with E-state index in [9.17, 15) is 9.59 Å². The van der Waals surface area contributed by atoms with Crippen LogP contribution in [0.25, 0.3) is 33.4 Å². The second-order valence-corrected chi connectivity index (χ2v) is 12.2. The molecule has 0 aliphatic carbocycles. The largest absolute Gasteiger partial charge is 0.378 e. The Morgan fingerprint density at radius 3 is 2.15 bits per heavy atom. The Morgan fingerprint density at radius 1 is 0.812 bits per heavy atom. The number of morpholine rings is 1. The summed E-state index contributed by atoms with van der Waals surface area (Å²) in [6.07, 6.45) is 6.05. The van der Waals surface area contributed by atoms with E-state index in [4.69, 9.17) is 14.7 Å². The number of nitrogens with one attached hydrogen (secondary N) is 2. The second kappa shape index (κ2) is 13.7. The molecule has 48 heavy (non-hydrogen) atoms. The van der Waals surface area contributed by atoms with Gasteiger partial charge in [-0.25, -0.2) is 24.7 Å². The van der Waals surface area contributed by atoms with Gasteiger partial charge in [0.15, 0.2) is 5.82 Å². The van der Waals surface area contributed by atoms with Crippen LogP contribution in [0.5, 0.6) is 0 Å². The number of rotatable bonds is 7. The lowest BCUT2D eigenvalue weighted by Gasteiger charge is -2.29. The van der Waals surface area contributed by atoms with Crippen molar-refractivity contribution < 1.29 is 14.3 Å². The lowest BCUT2D eigenvalue weighted by molar-refractivity contribution is 0.0783. The van der Waals surface area contributed by atoms with Gasteiger partial charge in [-0.3, -0.25) is 4.79 Å². The number of carbonyl (C=O) groups is 2. The van der Waals surface area contributed by atoms with Crippen LogP contribution >= 0.6 is 0 Å². The SMILES string of the molecule is CN(C)[C@H]1CCN(C(=O)c2ccc(NC(=O)Nc3ccc(-c4nc(N5CCOCC5)c5ccc(-c6cncnc6)cc5n4)cc3)cc2)C1. The van der Waals surface area contributed by atoms with Gasteiger partial charge < -0.3 is 30.1 Å². The molecule has 4 heterocycles. The topological polar surface area (TPSA) is 129 Å². The zero-order valence-corrected chi connectivity index (χ0v) is 27.0. The fourth-order valence-corrected chi connectivity index (χ4v) is 6.11. The maximum atomic E-state index is 12.9. The lowest BCUT2D eigenvalue weighted by atomic mass is 10.1. The van der Waals surface area contributed by atoms with Gasteiger partial charge in [-0.15, -0.1) is 0 Å². The monoisotopic (exact) mass is 643 g/mol. The van der Waals surface area contributed by atoms with Gasteiger partial charge >= 0.3 is 6.03 Å². The van der Waals surface area contributed by atoms with Gasteiger partial charge in [0.25, 0.3) is 5.91 Å². The average Bonchev–Trinajstić information content (AvgIpc) is 3.63. The standard InChI is InChI=1S/C36H37N9O3/c1-43(2)30-13-14-45(22-30)35(46)25-5-10-29(11-6-25)40-36(47)39-28-8-3-24(4-9-28)33-41-32-19-26(27-20-37-23-38-21-27)7-12-31(32)34(42-33)44-15-17-48-18-16-44/h3-12,19-21,23,30H,13-18,22H2,1-2H3,(H2,39,40,47)/t30-/m0/s1. The Kier molecular flexibility index (Phi) is 8.91. The molecule has 2 fully saturated rings. The van der Waals surface area contributed by atoms with Crippen LogP contribution in [-0.2, 0) is 4.74 Å². The molecule has 2 saturated heterocycles. The molecule has 0 radical (unpaired) electrons. The number of amides is 3. The molecule has 7 rings (SSSR count). The Balaban J connectivity index is 1.05. The highest BCUT2D eigenvalue weighted by Crippen LogP contribution is 2.31.